The lowest BCUT2D eigenvalue weighted by atomic mass is 10.1. The lowest BCUT2D eigenvalue weighted by Crippen LogP contribution is -2.32. The number of amidine groups is 1. The molecule has 3 aromatic rings. The van der Waals surface area contributed by atoms with Gasteiger partial charge in [-0.15, -0.1) is 0 Å². The molecular formula is C27H26N4O2. The lowest BCUT2D eigenvalue weighted by molar-refractivity contribution is -0.116. The first-order valence-corrected chi connectivity index (χ1v) is 10.7. The Labute approximate surface area is 194 Å². The summed E-state index contributed by atoms with van der Waals surface area (Å²) in [5.74, 6) is 0.319. The number of rotatable bonds is 5. The summed E-state index contributed by atoms with van der Waals surface area (Å²) in [6.45, 7) is 1.51. The zero-order valence-electron chi connectivity index (χ0n) is 19.2. The molecule has 4 rings (SSSR count). The second kappa shape index (κ2) is 9.12. The largest absolute Gasteiger partial charge is 0.378 e. The first-order valence-electron chi connectivity index (χ1n) is 10.7. The molecule has 1 heterocycles. The molecule has 0 bridgehead atoms. The second-order valence-electron chi connectivity index (χ2n) is 8.05. The third kappa shape index (κ3) is 4.55. The van der Waals surface area contributed by atoms with Gasteiger partial charge in [-0.1, -0.05) is 42.5 Å². The SMILES string of the molecule is CC(=O)N(C)c1ccc(N2C(=O)/C(=C\c3ccc(N(C)C)cc3)N=C2c2ccccc2)cc1. The Morgan fingerprint density at radius 1 is 0.848 bits per heavy atom. The molecule has 2 amide bonds. The Hall–Kier alpha value is -4.19. The number of anilines is 3. The molecule has 33 heavy (non-hydrogen) atoms. The van der Waals surface area contributed by atoms with Gasteiger partial charge in [-0.25, -0.2) is 4.99 Å². The Morgan fingerprint density at radius 2 is 1.45 bits per heavy atom. The van der Waals surface area contributed by atoms with E-state index in [0.29, 0.717) is 17.2 Å². The predicted molar refractivity (Wildman–Crippen MR) is 135 cm³/mol. The van der Waals surface area contributed by atoms with Crippen LogP contribution in [0.4, 0.5) is 17.1 Å². The fourth-order valence-corrected chi connectivity index (χ4v) is 3.57. The van der Waals surface area contributed by atoms with Crippen molar-refractivity contribution in [3.05, 3.63) is 95.7 Å². The molecule has 1 aliphatic heterocycles. The summed E-state index contributed by atoms with van der Waals surface area (Å²) in [5.41, 5.74) is 4.65. The van der Waals surface area contributed by atoms with Gasteiger partial charge in [0.25, 0.3) is 5.91 Å². The van der Waals surface area contributed by atoms with E-state index in [9.17, 15) is 9.59 Å². The van der Waals surface area contributed by atoms with E-state index >= 15 is 0 Å². The number of hydrogen-bond donors (Lipinski definition) is 0. The molecular weight excluding hydrogens is 412 g/mol. The minimum Gasteiger partial charge on any atom is -0.378 e. The molecule has 1 aliphatic rings. The molecule has 0 fully saturated rings. The van der Waals surface area contributed by atoms with E-state index < -0.39 is 0 Å². The second-order valence-corrected chi connectivity index (χ2v) is 8.05. The standard InChI is InChI=1S/C27H26N4O2/c1-19(32)30(4)23-14-16-24(17-15-23)31-26(21-8-6-5-7-9-21)28-25(27(31)33)18-20-10-12-22(13-11-20)29(2)3/h5-18H,1-4H3/b25-18+. The van der Waals surface area contributed by atoms with Crippen LogP contribution >= 0.6 is 0 Å². The maximum Gasteiger partial charge on any atom is 0.282 e. The van der Waals surface area contributed by atoms with Crippen molar-refractivity contribution in [3.8, 4) is 0 Å². The Bertz CT molecular complexity index is 1230. The van der Waals surface area contributed by atoms with Crippen molar-refractivity contribution in [2.45, 2.75) is 6.92 Å². The fourth-order valence-electron chi connectivity index (χ4n) is 3.57. The van der Waals surface area contributed by atoms with E-state index in [-0.39, 0.29) is 11.8 Å². The van der Waals surface area contributed by atoms with E-state index in [2.05, 4.69) is 0 Å². The zero-order valence-corrected chi connectivity index (χ0v) is 19.2. The van der Waals surface area contributed by atoms with Crippen molar-refractivity contribution in [3.63, 3.8) is 0 Å². The van der Waals surface area contributed by atoms with Crippen LogP contribution in [0.3, 0.4) is 0 Å². The van der Waals surface area contributed by atoms with Crippen molar-refractivity contribution in [2.24, 2.45) is 4.99 Å². The molecule has 166 valence electrons. The van der Waals surface area contributed by atoms with Gasteiger partial charge in [0.05, 0.1) is 5.69 Å². The highest BCUT2D eigenvalue weighted by Gasteiger charge is 2.32. The summed E-state index contributed by atoms with van der Waals surface area (Å²) in [6.07, 6.45) is 1.81. The van der Waals surface area contributed by atoms with Crippen LogP contribution in [0.1, 0.15) is 18.1 Å². The molecule has 3 aromatic carbocycles. The van der Waals surface area contributed by atoms with Gasteiger partial charge in [-0.05, 0) is 48.0 Å². The van der Waals surface area contributed by atoms with Crippen LogP contribution in [0.15, 0.2) is 89.6 Å². The number of benzene rings is 3. The van der Waals surface area contributed by atoms with Crippen LogP contribution in [0.5, 0.6) is 0 Å². The highest BCUT2D eigenvalue weighted by Crippen LogP contribution is 2.29. The van der Waals surface area contributed by atoms with Crippen molar-refractivity contribution in [1.29, 1.82) is 0 Å². The number of hydrogen-bond acceptors (Lipinski definition) is 4. The summed E-state index contributed by atoms with van der Waals surface area (Å²) in [4.78, 5) is 35.1. The Balaban J connectivity index is 1.73. The van der Waals surface area contributed by atoms with Gasteiger partial charge in [-0.2, -0.15) is 0 Å². The van der Waals surface area contributed by atoms with Crippen LogP contribution in [0, 0.1) is 0 Å². The smallest absolute Gasteiger partial charge is 0.282 e. The average Bonchev–Trinajstić information content (AvgIpc) is 3.15. The van der Waals surface area contributed by atoms with E-state index in [0.717, 1.165) is 22.5 Å². The molecule has 0 saturated heterocycles. The number of amides is 2. The van der Waals surface area contributed by atoms with Crippen LogP contribution in [-0.4, -0.2) is 38.8 Å². The van der Waals surface area contributed by atoms with Crippen LogP contribution < -0.4 is 14.7 Å². The highest BCUT2D eigenvalue weighted by molar-refractivity contribution is 6.33. The number of carbonyl (C=O) groups excluding carboxylic acids is 2. The summed E-state index contributed by atoms with van der Waals surface area (Å²) < 4.78 is 0. The third-order valence-electron chi connectivity index (χ3n) is 5.57. The van der Waals surface area contributed by atoms with Crippen molar-refractivity contribution >= 4 is 40.8 Å². The van der Waals surface area contributed by atoms with Gasteiger partial charge in [0, 0.05) is 45.0 Å². The number of aliphatic imine (C=N–C) groups is 1. The molecule has 0 atom stereocenters. The molecule has 0 aromatic heterocycles. The quantitative estimate of drug-likeness (QED) is 0.549. The summed E-state index contributed by atoms with van der Waals surface area (Å²) in [6, 6.07) is 24.9. The summed E-state index contributed by atoms with van der Waals surface area (Å²) >= 11 is 0. The molecule has 0 saturated carbocycles. The molecule has 0 spiro atoms. The van der Waals surface area contributed by atoms with Gasteiger partial charge in [-0.3, -0.25) is 14.5 Å². The van der Waals surface area contributed by atoms with Gasteiger partial charge in [0.15, 0.2) is 0 Å². The molecule has 0 aliphatic carbocycles. The summed E-state index contributed by atoms with van der Waals surface area (Å²) in [7, 11) is 5.70. The van der Waals surface area contributed by atoms with Crippen LogP contribution in [0.25, 0.3) is 6.08 Å². The van der Waals surface area contributed by atoms with E-state index in [1.807, 2.05) is 104 Å². The van der Waals surface area contributed by atoms with Gasteiger partial charge in [0.2, 0.25) is 5.91 Å². The highest BCUT2D eigenvalue weighted by atomic mass is 16.2. The maximum absolute atomic E-state index is 13.5. The monoisotopic (exact) mass is 438 g/mol. The Kier molecular flexibility index (Phi) is 6.09. The van der Waals surface area contributed by atoms with Crippen LogP contribution in [-0.2, 0) is 9.59 Å². The van der Waals surface area contributed by atoms with Crippen molar-refractivity contribution in [2.75, 3.05) is 35.8 Å². The van der Waals surface area contributed by atoms with Gasteiger partial charge >= 0.3 is 0 Å². The van der Waals surface area contributed by atoms with Crippen molar-refractivity contribution < 1.29 is 9.59 Å². The molecule has 0 N–H and O–H groups in total. The maximum atomic E-state index is 13.5. The third-order valence-corrected chi connectivity index (χ3v) is 5.57. The van der Waals surface area contributed by atoms with Gasteiger partial charge < -0.3 is 9.80 Å². The van der Waals surface area contributed by atoms with E-state index in [1.165, 1.54) is 6.92 Å². The predicted octanol–water partition coefficient (Wildman–Crippen LogP) is 4.57. The van der Waals surface area contributed by atoms with Gasteiger partial charge in [0.1, 0.15) is 11.5 Å². The molecule has 6 nitrogen and oxygen atoms in total. The summed E-state index contributed by atoms with van der Waals surface area (Å²) in [5, 5.41) is 0. The molecule has 0 unspecified atom stereocenters. The minimum atomic E-state index is -0.196. The van der Waals surface area contributed by atoms with E-state index in [4.69, 9.17) is 4.99 Å². The number of nitrogens with zero attached hydrogens (tertiary/aromatic N) is 4. The first-order chi connectivity index (χ1) is 15.8. The average molecular weight is 439 g/mol. The fraction of sp³-hybridized carbons (Fsp3) is 0.148. The number of carbonyl (C=O) groups is 2. The zero-order chi connectivity index (χ0) is 23.5. The lowest BCUT2D eigenvalue weighted by Gasteiger charge is -2.20. The van der Waals surface area contributed by atoms with E-state index in [1.54, 1.807) is 16.8 Å². The topological polar surface area (TPSA) is 56.2 Å². The first kappa shape index (κ1) is 22.0. The van der Waals surface area contributed by atoms with Crippen LogP contribution in [0.2, 0.25) is 0 Å². The molecule has 6 heteroatoms. The molecule has 0 radical (unpaired) electrons. The minimum absolute atomic E-state index is 0.0583. The van der Waals surface area contributed by atoms with Crippen molar-refractivity contribution in [1.82, 2.24) is 0 Å². The Morgan fingerprint density at radius 3 is 2.03 bits per heavy atom. The normalized spacial score (nSPS) is 14.4.